The second-order valence-corrected chi connectivity index (χ2v) is 2.78. The summed E-state index contributed by atoms with van der Waals surface area (Å²) in [5.41, 5.74) is -1.10. The maximum atomic E-state index is 12.8. The predicted octanol–water partition coefficient (Wildman–Crippen LogP) is 1.96. The van der Waals surface area contributed by atoms with Gasteiger partial charge in [-0.05, 0) is 6.07 Å². The second-order valence-electron chi connectivity index (χ2n) is 2.35. The fourth-order valence-corrected chi connectivity index (χ4v) is 0.903. The number of hydrogen-bond donors (Lipinski definition) is 1. The van der Waals surface area contributed by atoms with Crippen molar-refractivity contribution in [3.05, 3.63) is 28.8 Å². The Kier molecular flexibility index (Phi) is 2.77. The summed E-state index contributed by atoms with van der Waals surface area (Å²) in [5, 5.41) is 8.18. The summed E-state index contributed by atoms with van der Waals surface area (Å²) in [6.07, 6.45) is 0.892. The third-order valence-corrected chi connectivity index (χ3v) is 1.56. The zero-order valence-electron chi connectivity index (χ0n) is 6.27. The Labute approximate surface area is 77.0 Å². The molecule has 0 aliphatic carbocycles. The van der Waals surface area contributed by atoms with E-state index >= 15 is 0 Å². The van der Waals surface area contributed by atoms with Gasteiger partial charge in [0.25, 0.3) is 0 Å². The van der Waals surface area contributed by atoms with Gasteiger partial charge in [-0.2, -0.15) is 8.78 Å². The van der Waals surface area contributed by atoms with Crippen molar-refractivity contribution in [3.8, 4) is 0 Å². The number of nitrogens with zero attached hydrogens (tertiary/aromatic N) is 1. The third kappa shape index (κ3) is 2.10. The van der Waals surface area contributed by atoms with E-state index < -0.39 is 24.0 Å². The lowest BCUT2D eigenvalue weighted by Gasteiger charge is -2.12. The second kappa shape index (κ2) is 3.51. The lowest BCUT2D eigenvalue weighted by Crippen LogP contribution is -2.21. The van der Waals surface area contributed by atoms with Gasteiger partial charge in [-0.15, -0.1) is 0 Å². The molecule has 0 aromatic carbocycles. The number of rotatable bonds is 2. The first kappa shape index (κ1) is 10.3. The highest BCUT2D eigenvalue weighted by Crippen LogP contribution is 2.28. The van der Waals surface area contributed by atoms with Gasteiger partial charge in [-0.3, -0.25) is 4.98 Å². The molecule has 0 spiro atoms. The number of aromatic nitrogens is 1. The van der Waals surface area contributed by atoms with E-state index in [1.54, 1.807) is 0 Å². The molecule has 0 saturated heterocycles. The van der Waals surface area contributed by atoms with Crippen molar-refractivity contribution in [2.45, 2.75) is 5.92 Å². The molecule has 1 aromatic heterocycles. The van der Waals surface area contributed by atoms with Crippen LogP contribution in [0, 0.1) is 5.82 Å². The molecule has 0 unspecified atom stereocenters. The minimum atomic E-state index is -3.67. The molecule has 0 fully saturated rings. The lowest BCUT2D eigenvalue weighted by molar-refractivity contribution is -0.0620. The van der Waals surface area contributed by atoms with Crippen LogP contribution in [0.4, 0.5) is 13.2 Å². The molecule has 0 amide bonds. The number of halogens is 4. The van der Waals surface area contributed by atoms with Crippen LogP contribution in [0.1, 0.15) is 5.69 Å². The summed E-state index contributed by atoms with van der Waals surface area (Å²) in [4.78, 5) is 3.10. The zero-order valence-corrected chi connectivity index (χ0v) is 7.02. The van der Waals surface area contributed by atoms with Gasteiger partial charge in [-0.25, -0.2) is 4.39 Å². The van der Waals surface area contributed by atoms with Crippen LogP contribution in [0.2, 0.25) is 5.02 Å². The summed E-state index contributed by atoms with van der Waals surface area (Å²) >= 11 is 5.30. The van der Waals surface area contributed by atoms with Gasteiger partial charge in [0, 0.05) is 6.20 Å². The molecule has 0 atom stereocenters. The van der Waals surface area contributed by atoms with Crippen molar-refractivity contribution in [1.29, 1.82) is 0 Å². The van der Waals surface area contributed by atoms with Crippen molar-refractivity contribution in [3.63, 3.8) is 0 Å². The molecule has 0 aliphatic rings. The van der Waals surface area contributed by atoms with Gasteiger partial charge in [0.05, 0.1) is 5.02 Å². The third-order valence-electron chi connectivity index (χ3n) is 1.35. The van der Waals surface area contributed by atoms with Crippen molar-refractivity contribution >= 4 is 11.6 Å². The summed E-state index contributed by atoms with van der Waals surface area (Å²) in [7, 11) is 0. The summed E-state index contributed by atoms with van der Waals surface area (Å²) in [5.74, 6) is -4.90. The van der Waals surface area contributed by atoms with E-state index in [0.717, 1.165) is 6.20 Å². The van der Waals surface area contributed by atoms with Crippen LogP contribution in [-0.2, 0) is 5.92 Å². The van der Waals surface area contributed by atoms with Gasteiger partial charge in [0.15, 0.2) is 5.82 Å². The Balaban J connectivity index is 3.16. The molecule has 1 rings (SSSR count). The molecule has 0 saturated carbocycles. The van der Waals surface area contributed by atoms with Gasteiger partial charge in [-0.1, -0.05) is 11.6 Å². The maximum Gasteiger partial charge on any atom is 0.315 e. The largest absolute Gasteiger partial charge is 0.390 e. The van der Waals surface area contributed by atoms with Crippen LogP contribution in [-0.4, -0.2) is 16.7 Å². The normalized spacial score (nSPS) is 11.8. The highest BCUT2D eigenvalue weighted by Gasteiger charge is 2.35. The number of pyridine rings is 1. The zero-order chi connectivity index (χ0) is 10.1. The molecule has 6 heteroatoms. The van der Waals surface area contributed by atoms with Gasteiger partial charge in [0.2, 0.25) is 0 Å². The number of aliphatic hydroxyl groups is 1. The average molecular weight is 212 g/mol. The molecule has 1 aromatic rings. The van der Waals surface area contributed by atoms with E-state index in [2.05, 4.69) is 4.98 Å². The fourth-order valence-electron chi connectivity index (χ4n) is 0.759. The monoisotopic (exact) mass is 211 g/mol. The first-order chi connectivity index (χ1) is 5.97. The van der Waals surface area contributed by atoms with Gasteiger partial charge >= 0.3 is 5.92 Å². The molecule has 1 N–H and O–H groups in total. The molecule has 13 heavy (non-hydrogen) atoms. The highest BCUT2D eigenvalue weighted by atomic mass is 35.5. The SMILES string of the molecule is OCC(F)(F)c1ncc(Cl)cc1F. The fraction of sp³-hybridized carbons (Fsp3) is 0.286. The molecule has 0 radical (unpaired) electrons. The predicted molar refractivity (Wildman–Crippen MR) is 40.2 cm³/mol. The molecule has 0 aliphatic heterocycles. The molecular formula is C7H5ClF3NO. The van der Waals surface area contributed by atoms with Crippen molar-refractivity contribution in [1.82, 2.24) is 4.98 Å². The Hall–Kier alpha value is -0.810. The van der Waals surface area contributed by atoms with Gasteiger partial charge < -0.3 is 5.11 Å². The van der Waals surface area contributed by atoms with E-state index in [0.29, 0.717) is 6.07 Å². The molecule has 0 bridgehead atoms. The minimum absolute atomic E-state index is 0.0741. The standard InChI is InChI=1S/C7H5ClF3NO/c8-4-1-5(9)6(12-2-4)7(10,11)3-13/h1-2,13H,3H2. The van der Waals surface area contributed by atoms with Crippen LogP contribution in [0.5, 0.6) is 0 Å². The van der Waals surface area contributed by atoms with E-state index in [-0.39, 0.29) is 5.02 Å². The van der Waals surface area contributed by atoms with E-state index in [4.69, 9.17) is 16.7 Å². The topological polar surface area (TPSA) is 33.1 Å². The number of hydrogen-bond acceptors (Lipinski definition) is 2. The highest BCUT2D eigenvalue weighted by molar-refractivity contribution is 6.30. The average Bonchev–Trinajstić information content (AvgIpc) is 2.03. The van der Waals surface area contributed by atoms with Crippen molar-refractivity contribution in [2.24, 2.45) is 0 Å². The van der Waals surface area contributed by atoms with Crippen LogP contribution in [0.25, 0.3) is 0 Å². The Morgan fingerprint density at radius 1 is 1.54 bits per heavy atom. The number of aliphatic hydroxyl groups excluding tert-OH is 1. The van der Waals surface area contributed by atoms with Crippen LogP contribution < -0.4 is 0 Å². The summed E-state index contributed by atoms with van der Waals surface area (Å²) in [6.45, 7) is -1.49. The first-order valence-corrected chi connectivity index (χ1v) is 3.65. The maximum absolute atomic E-state index is 12.8. The quantitative estimate of drug-likeness (QED) is 0.811. The first-order valence-electron chi connectivity index (χ1n) is 3.27. The van der Waals surface area contributed by atoms with Crippen molar-refractivity contribution in [2.75, 3.05) is 6.61 Å². The Morgan fingerprint density at radius 3 is 2.62 bits per heavy atom. The summed E-state index contributed by atoms with van der Waals surface area (Å²) in [6, 6.07) is 0.716. The molecule has 2 nitrogen and oxygen atoms in total. The molecule has 1 heterocycles. The molecular weight excluding hydrogens is 207 g/mol. The summed E-state index contributed by atoms with van der Waals surface area (Å²) < 4.78 is 38.2. The Morgan fingerprint density at radius 2 is 2.15 bits per heavy atom. The smallest absolute Gasteiger partial charge is 0.315 e. The van der Waals surface area contributed by atoms with E-state index in [1.807, 2.05) is 0 Å². The van der Waals surface area contributed by atoms with Crippen LogP contribution in [0.3, 0.4) is 0 Å². The van der Waals surface area contributed by atoms with Gasteiger partial charge in [0.1, 0.15) is 12.3 Å². The van der Waals surface area contributed by atoms with Crippen molar-refractivity contribution < 1.29 is 18.3 Å². The number of alkyl halides is 2. The van der Waals surface area contributed by atoms with Crippen LogP contribution >= 0.6 is 11.6 Å². The van der Waals surface area contributed by atoms with E-state index in [1.165, 1.54) is 0 Å². The minimum Gasteiger partial charge on any atom is -0.390 e. The Bertz CT molecular complexity index is 319. The van der Waals surface area contributed by atoms with E-state index in [9.17, 15) is 13.2 Å². The van der Waals surface area contributed by atoms with Crippen LogP contribution in [0.15, 0.2) is 12.3 Å². The lowest BCUT2D eigenvalue weighted by atomic mass is 10.2. The molecule has 72 valence electrons.